The molecule has 1 amide bonds. The number of fused-ring (bicyclic) bond motifs is 1. The summed E-state index contributed by atoms with van der Waals surface area (Å²) in [5.41, 5.74) is 1.34. The van der Waals surface area contributed by atoms with Gasteiger partial charge < -0.3 is 10.1 Å². The number of hydrogen-bond donors (Lipinski definition) is 1. The lowest BCUT2D eigenvalue weighted by molar-refractivity contribution is -0.121. The topological polar surface area (TPSA) is 51.2 Å². The molecule has 0 unspecified atom stereocenters. The molecule has 0 aliphatic rings. The summed E-state index contributed by atoms with van der Waals surface area (Å²) in [6.07, 6.45) is 0. The minimum absolute atomic E-state index is 0.105. The van der Waals surface area contributed by atoms with E-state index in [4.69, 9.17) is 4.74 Å². The number of carbonyl (C=O) groups is 1. The highest BCUT2D eigenvalue weighted by molar-refractivity contribution is 7.18. The lowest BCUT2D eigenvalue weighted by Crippen LogP contribution is -2.18. The molecule has 1 heterocycles. The Morgan fingerprint density at radius 1 is 1.23 bits per heavy atom. The van der Waals surface area contributed by atoms with E-state index in [-0.39, 0.29) is 19.1 Å². The van der Waals surface area contributed by atoms with Crippen molar-refractivity contribution in [1.82, 2.24) is 4.98 Å². The molecular weight excluding hydrogens is 303 g/mol. The van der Waals surface area contributed by atoms with Crippen LogP contribution in [-0.4, -0.2) is 17.5 Å². The van der Waals surface area contributed by atoms with Gasteiger partial charge in [-0.2, -0.15) is 0 Å². The summed E-state index contributed by atoms with van der Waals surface area (Å²) in [6, 6.07) is 13.5. The number of hydrogen-bond acceptors (Lipinski definition) is 4. The van der Waals surface area contributed by atoms with Crippen molar-refractivity contribution in [2.75, 3.05) is 11.9 Å². The SMILES string of the molecule is O=C(COCc1nc2ccccc2s1)Nc1cccc(F)c1. The number of aromatic nitrogens is 1. The van der Waals surface area contributed by atoms with Crippen molar-refractivity contribution >= 4 is 33.1 Å². The van der Waals surface area contributed by atoms with E-state index in [1.807, 2.05) is 24.3 Å². The Kier molecular flexibility index (Phi) is 4.41. The highest BCUT2D eigenvalue weighted by Crippen LogP contribution is 2.21. The van der Waals surface area contributed by atoms with Crippen LogP contribution in [0, 0.1) is 5.82 Å². The Hall–Kier alpha value is -2.31. The number of benzene rings is 2. The fourth-order valence-corrected chi connectivity index (χ4v) is 2.88. The summed E-state index contributed by atoms with van der Waals surface area (Å²) in [7, 11) is 0. The molecule has 3 aromatic rings. The summed E-state index contributed by atoms with van der Waals surface area (Å²) >= 11 is 1.54. The fraction of sp³-hybridized carbons (Fsp3) is 0.125. The van der Waals surface area contributed by atoms with Crippen LogP contribution in [-0.2, 0) is 16.1 Å². The molecule has 1 aromatic heterocycles. The molecule has 0 bridgehead atoms. The van der Waals surface area contributed by atoms with Crippen LogP contribution < -0.4 is 5.32 Å². The first-order valence-electron chi connectivity index (χ1n) is 6.68. The molecule has 0 aliphatic heterocycles. The molecular formula is C16H13FN2O2S. The third-order valence-corrected chi connectivity index (χ3v) is 3.92. The van der Waals surface area contributed by atoms with Crippen molar-refractivity contribution in [1.29, 1.82) is 0 Å². The van der Waals surface area contributed by atoms with Crippen LogP contribution in [0.2, 0.25) is 0 Å². The summed E-state index contributed by atoms with van der Waals surface area (Å²) in [4.78, 5) is 16.1. The Bertz CT molecular complexity index is 770. The van der Waals surface area contributed by atoms with Crippen LogP contribution in [0.15, 0.2) is 48.5 Å². The molecule has 2 aromatic carbocycles. The van der Waals surface area contributed by atoms with Gasteiger partial charge in [0.25, 0.3) is 0 Å². The fourth-order valence-electron chi connectivity index (χ4n) is 1.98. The number of anilines is 1. The number of para-hydroxylation sites is 1. The van der Waals surface area contributed by atoms with E-state index in [2.05, 4.69) is 10.3 Å². The zero-order valence-electron chi connectivity index (χ0n) is 11.6. The van der Waals surface area contributed by atoms with E-state index in [1.54, 1.807) is 6.07 Å². The van der Waals surface area contributed by atoms with Gasteiger partial charge in [0, 0.05) is 5.69 Å². The van der Waals surface area contributed by atoms with Gasteiger partial charge in [0.05, 0.1) is 16.8 Å². The number of ether oxygens (including phenoxy) is 1. The van der Waals surface area contributed by atoms with Gasteiger partial charge in [-0.05, 0) is 30.3 Å². The Morgan fingerprint density at radius 2 is 2.09 bits per heavy atom. The van der Waals surface area contributed by atoms with Gasteiger partial charge in [-0.25, -0.2) is 9.37 Å². The zero-order valence-corrected chi connectivity index (χ0v) is 12.4. The molecule has 0 saturated carbocycles. The van der Waals surface area contributed by atoms with E-state index in [0.717, 1.165) is 15.2 Å². The third kappa shape index (κ3) is 3.66. The van der Waals surface area contributed by atoms with Gasteiger partial charge in [-0.3, -0.25) is 4.79 Å². The predicted octanol–water partition coefficient (Wildman–Crippen LogP) is 3.59. The van der Waals surface area contributed by atoms with E-state index in [0.29, 0.717) is 5.69 Å². The molecule has 0 fully saturated rings. The first-order chi connectivity index (χ1) is 10.7. The normalized spacial score (nSPS) is 10.8. The van der Waals surface area contributed by atoms with Crippen molar-refractivity contribution < 1.29 is 13.9 Å². The number of thiazole rings is 1. The molecule has 6 heteroatoms. The standard InChI is InChI=1S/C16H13FN2O2S/c17-11-4-3-5-12(8-11)18-15(20)9-21-10-16-19-13-6-1-2-7-14(13)22-16/h1-8H,9-10H2,(H,18,20). The first kappa shape index (κ1) is 14.6. The van der Waals surface area contributed by atoms with Gasteiger partial charge in [0.1, 0.15) is 17.4 Å². The second kappa shape index (κ2) is 6.64. The van der Waals surface area contributed by atoms with Crippen molar-refractivity contribution in [2.24, 2.45) is 0 Å². The van der Waals surface area contributed by atoms with Crippen LogP contribution in [0.25, 0.3) is 10.2 Å². The van der Waals surface area contributed by atoms with Crippen LogP contribution in [0.3, 0.4) is 0 Å². The van der Waals surface area contributed by atoms with Gasteiger partial charge >= 0.3 is 0 Å². The molecule has 22 heavy (non-hydrogen) atoms. The van der Waals surface area contributed by atoms with Crippen LogP contribution in [0.5, 0.6) is 0 Å². The Morgan fingerprint density at radius 3 is 2.91 bits per heavy atom. The number of amides is 1. The lowest BCUT2D eigenvalue weighted by atomic mass is 10.3. The average Bonchev–Trinajstić information content (AvgIpc) is 2.90. The van der Waals surface area contributed by atoms with E-state index >= 15 is 0 Å². The lowest BCUT2D eigenvalue weighted by Gasteiger charge is -2.05. The van der Waals surface area contributed by atoms with Crippen LogP contribution in [0.1, 0.15) is 5.01 Å². The quantitative estimate of drug-likeness (QED) is 0.782. The molecule has 0 radical (unpaired) electrons. The summed E-state index contributed by atoms with van der Waals surface area (Å²) in [6.45, 7) is 0.169. The largest absolute Gasteiger partial charge is 0.364 e. The van der Waals surface area contributed by atoms with Crippen molar-refractivity contribution in [3.05, 3.63) is 59.4 Å². The second-order valence-corrected chi connectivity index (χ2v) is 5.74. The molecule has 0 atom stereocenters. The summed E-state index contributed by atoms with van der Waals surface area (Å²) in [5, 5.41) is 3.39. The number of nitrogens with one attached hydrogen (secondary N) is 1. The van der Waals surface area contributed by atoms with E-state index in [9.17, 15) is 9.18 Å². The van der Waals surface area contributed by atoms with Gasteiger partial charge in [-0.15, -0.1) is 11.3 Å². The highest BCUT2D eigenvalue weighted by Gasteiger charge is 2.06. The highest BCUT2D eigenvalue weighted by atomic mass is 32.1. The third-order valence-electron chi connectivity index (χ3n) is 2.91. The monoisotopic (exact) mass is 316 g/mol. The van der Waals surface area contributed by atoms with Crippen molar-refractivity contribution in [2.45, 2.75) is 6.61 Å². The second-order valence-electron chi connectivity index (χ2n) is 4.63. The summed E-state index contributed by atoms with van der Waals surface area (Å²) in [5.74, 6) is -0.722. The molecule has 0 spiro atoms. The van der Waals surface area contributed by atoms with E-state index in [1.165, 1.54) is 29.5 Å². The maximum Gasteiger partial charge on any atom is 0.250 e. The molecule has 3 rings (SSSR count). The predicted molar refractivity (Wildman–Crippen MR) is 84.3 cm³/mol. The molecule has 0 aliphatic carbocycles. The minimum atomic E-state index is -0.395. The van der Waals surface area contributed by atoms with Gasteiger partial charge in [-0.1, -0.05) is 18.2 Å². The zero-order chi connectivity index (χ0) is 15.4. The maximum atomic E-state index is 13.0. The minimum Gasteiger partial charge on any atom is -0.364 e. The molecule has 4 nitrogen and oxygen atoms in total. The van der Waals surface area contributed by atoms with E-state index < -0.39 is 5.82 Å². The van der Waals surface area contributed by atoms with Crippen molar-refractivity contribution in [3.8, 4) is 0 Å². The van der Waals surface area contributed by atoms with Crippen LogP contribution >= 0.6 is 11.3 Å². The smallest absolute Gasteiger partial charge is 0.250 e. The number of halogens is 1. The number of carbonyl (C=O) groups excluding carboxylic acids is 1. The first-order valence-corrected chi connectivity index (χ1v) is 7.50. The van der Waals surface area contributed by atoms with Crippen molar-refractivity contribution in [3.63, 3.8) is 0 Å². The average molecular weight is 316 g/mol. The molecule has 1 N–H and O–H groups in total. The van der Waals surface area contributed by atoms with Gasteiger partial charge in [0.15, 0.2) is 0 Å². The number of nitrogens with zero attached hydrogens (tertiary/aromatic N) is 1. The Balaban J connectivity index is 1.51. The number of rotatable bonds is 5. The maximum absolute atomic E-state index is 13.0. The van der Waals surface area contributed by atoms with Crippen LogP contribution in [0.4, 0.5) is 10.1 Å². The summed E-state index contributed by atoms with van der Waals surface area (Å²) < 4.78 is 19.4. The Labute approximate surface area is 130 Å². The molecule has 0 saturated heterocycles. The van der Waals surface area contributed by atoms with Gasteiger partial charge in [0.2, 0.25) is 5.91 Å². The molecule has 112 valence electrons.